The highest BCUT2D eigenvalue weighted by Crippen LogP contribution is 2.20. The van der Waals surface area contributed by atoms with Gasteiger partial charge in [-0.15, -0.1) is 0 Å². The first-order chi connectivity index (χ1) is 12.8. The van der Waals surface area contributed by atoms with Gasteiger partial charge < -0.3 is 15.3 Å². The molecule has 9 nitrogen and oxygen atoms in total. The van der Waals surface area contributed by atoms with E-state index in [9.17, 15) is 18.0 Å². The van der Waals surface area contributed by atoms with Crippen molar-refractivity contribution >= 4 is 44.4 Å². The maximum absolute atomic E-state index is 12.1. The van der Waals surface area contributed by atoms with Gasteiger partial charge in [0.1, 0.15) is 4.90 Å². The van der Waals surface area contributed by atoms with Crippen LogP contribution in [0.3, 0.4) is 0 Å². The van der Waals surface area contributed by atoms with E-state index < -0.39 is 10.0 Å². The highest BCUT2D eigenvalue weighted by atomic mass is 32.2. The van der Waals surface area contributed by atoms with Gasteiger partial charge in [-0.25, -0.2) is 22.5 Å². The van der Waals surface area contributed by atoms with E-state index in [-0.39, 0.29) is 22.2 Å². The maximum atomic E-state index is 12.1. The lowest BCUT2D eigenvalue weighted by Crippen LogP contribution is -2.22. The normalized spacial score (nSPS) is 11.8. The summed E-state index contributed by atoms with van der Waals surface area (Å²) in [5.74, 6) is -0.141. The Morgan fingerprint density at radius 3 is 2.59 bits per heavy atom. The average Bonchev–Trinajstić information content (AvgIpc) is 2.99. The summed E-state index contributed by atoms with van der Waals surface area (Å²) in [5.41, 5.74) is 1.51. The van der Waals surface area contributed by atoms with Crippen LogP contribution in [0.5, 0.6) is 0 Å². The minimum absolute atomic E-state index is 0.0927. The van der Waals surface area contributed by atoms with Gasteiger partial charge in [-0.3, -0.25) is 4.79 Å². The highest BCUT2D eigenvalue weighted by Gasteiger charge is 2.17. The van der Waals surface area contributed by atoms with E-state index in [1.54, 1.807) is 24.3 Å². The van der Waals surface area contributed by atoms with Gasteiger partial charge in [-0.2, -0.15) is 0 Å². The predicted molar refractivity (Wildman–Crippen MR) is 103 cm³/mol. The largest absolute Gasteiger partial charge is 0.325 e. The monoisotopic (exact) mass is 407 g/mol. The standard InChI is InChI=1S/C16H17N5O4S2/c1-21(2)27(24,25)11-4-6-15(17-8-11)26-9-14(22)18-10-3-5-12-13(7-10)20-16(23)19-12/h3-8H,9H2,1-2H3,(H,18,22)(H2,19,20,23). The number of aromatic nitrogens is 3. The van der Waals surface area contributed by atoms with E-state index in [0.717, 1.165) is 4.31 Å². The van der Waals surface area contributed by atoms with E-state index in [0.29, 0.717) is 21.7 Å². The van der Waals surface area contributed by atoms with E-state index in [1.807, 2.05) is 0 Å². The van der Waals surface area contributed by atoms with Crippen LogP contribution in [-0.4, -0.2) is 53.4 Å². The lowest BCUT2D eigenvalue weighted by atomic mass is 10.3. The quantitative estimate of drug-likeness (QED) is 0.527. The summed E-state index contributed by atoms with van der Waals surface area (Å²) in [6, 6.07) is 8.06. The zero-order valence-electron chi connectivity index (χ0n) is 14.5. The summed E-state index contributed by atoms with van der Waals surface area (Å²) in [5, 5.41) is 3.27. The number of anilines is 1. The van der Waals surface area contributed by atoms with E-state index in [1.165, 1.54) is 38.1 Å². The number of hydrogen-bond donors (Lipinski definition) is 3. The molecule has 3 rings (SSSR count). The number of H-pyrrole nitrogens is 2. The lowest BCUT2D eigenvalue weighted by molar-refractivity contribution is -0.113. The molecule has 1 aromatic carbocycles. The van der Waals surface area contributed by atoms with Crippen molar-refractivity contribution in [2.24, 2.45) is 0 Å². The number of benzene rings is 1. The van der Waals surface area contributed by atoms with Gasteiger partial charge in [0.15, 0.2) is 0 Å². The average molecular weight is 407 g/mol. The molecule has 0 radical (unpaired) electrons. The van der Waals surface area contributed by atoms with Crippen LogP contribution in [0.25, 0.3) is 11.0 Å². The van der Waals surface area contributed by atoms with Gasteiger partial charge in [0, 0.05) is 26.0 Å². The number of imidazole rings is 1. The molecule has 142 valence electrons. The van der Waals surface area contributed by atoms with Crippen LogP contribution in [0.1, 0.15) is 0 Å². The number of hydrogen-bond acceptors (Lipinski definition) is 6. The Labute approximate surface area is 159 Å². The second-order valence-corrected chi connectivity index (χ2v) is 8.94. The molecule has 27 heavy (non-hydrogen) atoms. The summed E-state index contributed by atoms with van der Waals surface area (Å²) < 4.78 is 25.1. The van der Waals surface area contributed by atoms with E-state index in [4.69, 9.17) is 0 Å². The van der Waals surface area contributed by atoms with E-state index >= 15 is 0 Å². The number of thioether (sulfide) groups is 1. The molecule has 0 spiro atoms. The zero-order valence-corrected chi connectivity index (χ0v) is 16.1. The molecule has 0 aliphatic rings. The summed E-state index contributed by atoms with van der Waals surface area (Å²) in [6.45, 7) is 0. The van der Waals surface area contributed by atoms with Crippen LogP contribution in [0.4, 0.5) is 5.69 Å². The molecule has 0 saturated carbocycles. The topological polar surface area (TPSA) is 128 Å². The zero-order chi connectivity index (χ0) is 19.6. The van der Waals surface area contributed by atoms with Gasteiger partial charge in [0.25, 0.3) is 0 Å². The Morgan fingerprint density at radius 1 is 1.19 bits per heavy atom. The van der Waals surface area contributed by atoms with Gasteiger partial charge in [-0.05, 0) is 30.3 Å². The molecule has 0 aliphatic heterocycles. The van der Waals surface area contributed by atoms with Crippen molar-refractivity contribution in [1.29, 1.82) is 0 Å². The first-order valence-corrected chi connectivity index (χ1v) is 10.2. The number of carbonyl (C=O) groups is 1. The van der Waals surface area contributed by atoms with Crippen molar-refractivity contribution in [2.45, 2.75) is 9.92 Å². The minimum atomic E-state index is -3.53. The van der Waals surface area contributed by atoms with Crippen LogP contribution in [0.15, 0.2) is 51.2 Å². The Hall–Kier alpha value is -2.63. The molecule has 0 bridgehead atoms. The Morgan fingerprint density at radius 2 is 1.93 bits per heavy atom. The summed E-state index contributed by atoms with van der Waals surface area (Å²) in [4.78, 5) is 32.8. The first-order valence-electron chi connectivity index (χ1n) is 7.79. The number of aromatic amines is 2. The number of fused-ring (bicyclic) bond motifs is 1. The third-order valence-electron chi connectivity index (χ3n) is 3.64. The van der Waals surface area contributed by atoms with Crippen molar-refractivity contribution in [3.05, 3.63) is 47.0 Å². The molecular formula is C16H17N5O4S2. The fourth-order valence-electron chi connectivity index (χ4n) is 2.26. The molecule has 2 heterocycles. The van der Waals surface area contributed by atoms with Crippen molar-refractivity contribution in [1.82, 2.24) is 19.3 Å². The summed E-state index contributed by atoms with van der Waals surface area (Å²) in [6.07, 6.45) is 1.27. The predicted octanol–water partition coefficient (Wildman–Crippen LogP) is 1.23. The Bertz CT molecular complexity index is 1130. The van der Waals surface area contributed by atoms with Crippen molar-refractivity contribution in [3.8, 4) is 0 Å². The molecule has 3 N–H and O–H groups in total. The number of nitrogens with one attached hydrogen (secondary N) is 3. The van der Waals surface area contributed by atoms with E-state index in [2.05, 4.69) is 20.3 Å². The molecule has 0 unspecified atom stereocenters. The van der Waals surface area contributed by atoms with Crippen LogP contribution < -0.4 is 11.0 Å². The highest BCUT2D eigenvalue weighted by molar-refractivity contribution is 7.99. The SMILES string of the molecule is CN(C)S(=O)(=O)c1ccc(SCC(=O)Nc2ccc3[nH]c(=O)[nH]c3c2)nc1. The van der Waals surface area contributed by atoms with Gasteiger partial charge >= 0.3 is 5.69 Å². The smallest absolute Gasteiger partial charge is 0.323 e. The number of rotatable bonds is 6. The van der Waals surface area contributed by atoms with Crippen molar-refractivity contribution in [3.63, 3.8) is 0 Å². The number of amides is 1. The van der Waals surface area contributed by atoms with Crippen LogP contribution >= 0.6 is 11.8 Å². The van der Waals surface area contributed by atoms with Crippen LogP contribution in [-0.2, 0) is 14.8 Å². The lowest BCUT2D eigenvalue weighted by Gasteiger charge is -2.11. The number of sulfonamides is 1. The van der Waals surface area contributed by atoms with Crippen LogP contribution in [0.2, 0.25) is 0 Å². The molecule has 2 aromatic heterocycles. The first kappa shape index (κ1) is 19.1. The molecule has 0 aliphatic carbocycles. The third-order valence-corrected chi connectivity index (χ3v) is 6.38. The molecular weight excluding hydrogens is 390 g/mol. The van der Waals surface area contributed by atoms with Crippen molar-refractivity contribution in [2.75, 3.05) is 25.2 Å². The maximum Gasteiger partial charge on any atom is 0.323 e. The van der Waals surface area contributed by atoms with Gasteiger partial charge in [0.05, 0.1) is 21.8 Å². The molecule has 1 amide bonds. The fourth-order valence-corrected chi connectivity index (χ4v) is 3.75. The van der Waals surface area contributed by atoms with Crippen LogP contribution in [0, 0.1) is 0 Å². The molecule has 0 atom stereocenters. The summed E-state index contributed by atoms with van der Waals surface area (Å²) >= 11 is 1.19. The second kappa shape index (κ2) is 7.55. The molecule has 0 fully saturated rings. The van der Waals surface area contributed by atoms with Gasteiger partial charge in [0.2, 0.25) is 15.9 Å². The molecule has 11 heteroatoms. The number of pyridine rings is 1. The summed E-state index contributed by atoms with van der Waals surface area (Å²) in [7, 11) is -0.633. The molecule has 0 saturated heterocycles. The number of nitrogens with zero attached hydrogens (tertiary/aromatic N) is 2. The fraction of sp³-hybridized carbons (Fsp3) is 0.188. The second-order valence-electron chi connectivity index (χ2n) is 5.80. The minimum Gasteiger partial charge on any atom is -0.325 e. The number of carbonyl (C=O) groups excluding carboxylic acids is 1. The van der Waals surface area contributed by atoms with Gasteiger partial charge in [-0.1, -0.05) is 11.8 Å². The van der Waals surface area contributed by atoms with Crippen molar-refractivity contribution < 1.29 is 13.2 Å². The Balaban J connectivity index is 1.60. The third kappa shape index (κ3) is 4.38. The Kier molecular flexibility index (Phi) is 5.35. The molecule has 3 aromatic rings.